The second-order valence-electron chi connectivity index (χ2n) is 6.24. The van der Waals surface area contributed by atoms with Crippen molar-refractivity contribution in [2.24, 2.45) is 0 Å². The van der Waals surface area contributed by atoms with Crippen molar-refractivity contribution >= 4 is 5.91 Å². The minimum atomic E-state index is 0.0857. The molecule has 0 spiro atoms. The third kappa shape index (κ3) is 2.74. The van der Waals surface area contributed by atoms with Gasteiger partial charge in [0.15, 0.2) is 0 Å². The molecule has 1 aromatic carbocycles. The molecule has 2 saturated heterocycles. The third-order valence-corrected chi connectivity index (χ3v) is 5.06. The maximum Gasteiger partial charge on any atom is 0.254 e. The molecule has 2 aliphatic rings. The van der Waals surface area contributed by atoms with Crippen molar-refractivity contribution < 1.29 is 4.79 Å². The molecular formula is C18H23N3O. The van der Waals surface area contributed by atoms with Crippen molar-refractivity contribution in [1.82, 2.24) is 9.80 Å². The highest BCUT2D eigenvalue weighted by atomic mass is 16.2. The minimum Gasteiger partial charge on any atom is -0.334 e. The molecule has 0 N–H and O–H groups in total. The molecule has 1 amide bonds. The molecule has 4 heteroatoms. The molecule has 2 atom stereocenters. The summed E-state index contributed by atoms with van der Waals surface area (Å²) in [5.41, 5.74) is 1.20. The molecule has 0 aliphatic carbocycles. The van der Waals surface area contributed by atoms with Crippen LogP contribution in [0, 0.1) is 11.3 Å². The van der Waals surface area contributed by atoms with Gasteiger partial charge >= 0.3 is 0 Å². The molecule has 1 aromatic rings. The molecular weight excluding hydrogens is 274 g/mol. The molecule has 0 saturated carbocycles. The Bertz CT molecular complexity index is 592. The van der Waals surface area contributed by atoms with E-state index in [-0.39, 0.29) is 5.91 Å². The first kappa shape index (κ1) is 15.1. The molecule has 4 nitrogen and oxygen atoms in total. The molecule has 2 fully saturated rings. The lowest BCUT2D eigenvalue weighted by atomic mass is 10.0. The summed E-state index contributed by atoms with van der Waals surface area (Å²) in [7, 11) is 0. The third-order valence-electron chi connectivity index (χ3n) is 5.06. The fourth-order valence-electron chi connectivity index (χ4n) is 4.01. The van der Waals surface area contributed by atoms with Crippen LogP contribution in [0.15, 0.2) is 24.3 Å². The summed E-state index contributed by atoms with van der Waals surface area (Å²) in [6.45, 7) is 5.26. The number of carbonyl (C=O) groups excluding carboxylic acids is 1. The highest BCUT2D eigenvalue weighted by molar-refractivity contribution is 5.95. The second-order valence-corrected chi connectivity index (χ2v) is 6.24. The number of hydrogen-bond donors (Lipinski definition) is 0. The number of hydrogen-bond acceptors (Lipinski definition) is 3. The highest BCUT2D eigenvalue weighted by Crippen LogP contribution is 2.30. The summed E-state index contributed by atoms with van der Waals surface area (Å²) >= 11 is 0. The molecule has 0 aromatic heterocycles. The maximum absolute atomic E-state index is 12.9. The van der Waals surface area contributed by atoms with Gasteiger partial charge in [-0.25, -0.2) is 0 Å². The number of benzene rings is 1. The van der Waals surface area contributed by atoms with Crippen LogP contribution in [0.2, 0.25) is 0 Å². The van der Waals surface area contributed by atoms with Crippen molar-refractivity contribution in [2.45, 2.75) is 44.7 Å². The first-order valence-electron chi connectivity index (χ1n) is 8.29. The van der Waals surface area contributed by atoms with Gasteiger partial charge in [0.25, 0.3) is 5.91 Å². The zero-order chi connectivity index (χ0) is 15.5. The Hall–Kier alpha value is -1.86. The SMILES string of the molecule is CCN1CCCC1C1CCCN1C(=O)c1cccc(C#N)c1. The summed E-state index contributed by atoms with van der Waals surface area (Å²) in [5.74, 6) is 0.0857. The van der Waals surface area contributed by atoms with Gasteiger partial charge in [0.05, 0.1) is 11.6 Å². The van der Waals surface area contributed by atoms with E-state index >= 15 is 0 Å². The quantitative estimate of drug-likeness (QED) is 0.861. The second kappa shape index (κ2) is 6.50. The summed E-state index contributed by atoms with van der Waals surface area (Å²) in [6, 6.07) is 10.0. The normalized spacial score (nSPS) is 25.4. The number of amides is 1. The van der Waals surface area contributed by atoms with Gasteiger partial charge in [0.2, 0.25) is 0 Å². The predicted molar refractivity (Wildman–Crippen MR) is 85.5 cm³/mol. The summed E-state index contributed by atoms with van der Waals surface area (Å²) in [6.07, 6.45) is 4.62. The fourth-order valence-corrected chi connectivity index (χ4v) is 4.01. The first-order chi connectivity index (χ1) is 10.7. The molecule has 0 radical (unpaired) electrons. The number of nitriles is 1. The highest BCUT2D eigenvalue weighted by Gasteiger charge is 2.39. The van der Waals surface area contributed by atoms with Crippen LogP contribution in [0.25, 0.3) is 0 Å². The molecule has 2 heterocycles. The summed E-state index contributed by atoms with van der Waals surface area (Å²) in [5, 5.41) is 9.02. The first-order valence-corrected chi connectivity index (χ1v) is 8.29. The molecule has 2 aliphatic heterocycles. The Balaban J connectivity index is 1.80. The van der Waals surface area contributed by atoms with Crippen molar-refractivity contribution in [1.29, 1.82) is 5.26 Å². The van der Waals surface area contributed by atoms with Gasteiger partial charge in [-0.15, -0.1) is 0 Å². The van der Waals surface area contributed by atoms with Crippen molar-refractivity contribution in [3.63, 3.8) is 0 Å². The van der Waals surface area contributed by atoms with Crippen molar-refractivity contribution in [3.8, 4) is 6.07 Å². The van der Waals surface area contributed by atoms with Crippen LogP contribution in [0.1, 0.15) is 48.5 Å². The molecule has 22 heavy (non-hydrogen) atoms. The van der Waals surface area contributed by atoms with Crippen LogP contribution in [-0.4, -0.2) is 47.4 Å². The van der Waals surface area contributed by atoms with Crippen LogP contribution >= 0.6 is 0 Å². The number of likely N-dealkylation sites (N-methyl/N-ethyl adjacent to an activating group) is 1. The Morgan fingerprint density at radius 2 is 2.05 bits per heavy atom. The Kier molecular flexibility index (Phi) is 4.44. The van der Waals surface area contributed by atoms with Gasteiger partial charge in [-0.3, -0.25) is 9.69 Å². The fraction of sp³-hybridized carbons (Fsp3) is 0.556. The predicted octanol–water partition coefficient (Wildman–Crippen LogP) is 2.65. The van der Waals surface area contributed by atoms with E-state index in [1.165, 1.54) is 12.8 Å². The van der Waals surface area contributed by atoms with Crippen LogP contribution < -0.4 is 0 Å². The van der Waals surface area contributed by atoms with Crippen LogP contribution in [0.3, 0.4) is 0 Å². The molecule has 116 valence electrons. The van der Waals surface area contributed by atoms with E-state index in [2.05, 4.69) is 22.8 Å². The van der Waals surface area contributed by atoms with E-state index in [1.54, 1.807) is 18.2 Å². The average Bonchev–Trinajstić information content (AvgIpc) is 3.22. The van der Waals surface area contributed by atoms with E-state index in [1.807, 2.05) is 6.07 Å². The minimum absolute atomic E-state index is 0.0857. The average molecular weight is 297 g/mol. The Morgan fingerprint density at radius 3 is 2.82 bits per heavy atom. The molecule has 2 unspecified atom stereocenters. The van der Waals surface area contributed by atoms with E-state index in [9.17, 15) is 4.79 Å². The van der Waals surface area contributed by atoms with Gasteiger partial charge in [0.1, 0.15) is 0 Å². The lowest BCUT2D eigenvalue weighted by Crippen LogP contribution is -2.48. The van der Waals surface area contributed by atoms with E-state index in [4.69, 9.17) is 5.26 Å². The van der Waals surface area contributed by atoms with Crippen molar-refractivity contribution in [2.75, 3.05) is 19.6 Å². The van der Waals surface area contributed by atoms with Gasteiger partial charge in [0, 0.05) is 24.2 Å². The number of rotatable bonds is 3. The van der Waals surface area contributed by atoms with Crippen molar-refractivity contribution in [3.05, 3.63) is 35.4 Å². The maximum atomic E-state index is 12.9. The summed E-state index contributed by atoms with van der Waals surface area (Å²) in [4.78, 5) is 17.4. The zero-order valence-electron chi connectivity index (χ0n) is 13.2. The van der Waals surface area contributed by atoms with Crippen LogP contribution in [0.5, 0.6) is 0 Å². The van der Waals surface area contributed by atoms with Gasteiger partial charge < -0.3 is 4.90 Å². The van der Waals surface area contributed by atoms with Gasteiger partial charge in [-0.2, -0.15) is 5.26 Å². The number of nitrogens with zero attached hydrogens (tertiary/aromatic N) is 3. The van der Waals surface area contributed by atoms with Crippen LogP contribution in [0.4, 0.5) is 0 Å². The van der Waals surface area contributed by atoms with E-state index < -0.39 is 0 Å². The van der Waals surface area contributed by atoms with Crippen LogP contribution in [-0.2, 0) is 0 Å². The summed E-state index contributed by atoms with van der Waals surface area (Å²) < 4.78 is 0. The number of likely N-dealkylation sites (tertiary alicyclic amines) is 2. The monoisotopic (exact) mass is 297 g/mol. The molecule has 3 rings (SSSR count). The molecule has 0 bridgehead atoms. The van der Waals surface area contributed by atoms with E-state index in [0.29, 0.717) is 23.2 Å². The largest absolute Gasteiger partial charge is 0.334 e. The van der Waals surface area contributed by atoms with Gasteiger partial charge in [-0.05, 0) is 57.0 Å². The number of carbonyl (C=O) groups is 1. The smallest absolute Gasteiger partial charge is 0.254 e. The lowest BCUT2D eigenvalue weighted by Gasteiger charge is -2.34. The van der Waals surface area contributed by atoms with Gasteiger partial charge in [-0.1, -0.05) is 13.0 Å². The zero-order valence-corrected chi connectivity index (χ0v) is 13.2. The Labute approximate surface area is 132 Å². The van der Waals surface area contributed by atoms with E-state index in [0.717, 1.165) is 32.5 Å². The standard InChI is InChI=1S/C18H23N3O/c1-2-20-10-4-8-16(20)17-9-5-11-21(17)18(22)15-7-3-6-14(12-15)13-19/h3,6-7,12,16-17H,2,4-5,8-11H2,1H3. The topological polar surface area (TPSA) is 47.3 Å². The Morgan fingerprint density at radius 1 is 1.27 bits per heavy atom. The lowest BCUT2D eigenvalue weighted by molar-refractivity contribution is 0.0650.